The molecule has 17 heavy (non-hydrogen) atoms. The topological polar surface area (TPSA) is 68.5 Å². The van der Waals surface area contributed by atoms with Gasteiger partial charge in [0.05, 0.1) is 5.69 Å². The van der Waals surface area contributed by atoms with Crippen LogP contribution < -0.4 is 5.32 Å². The van der Waals surface area contributed by atoms with Crippen molar-refractivity contribution >= 4 is 17.5 Å². The zero-order valence-electron chi connectivity index (χ0n) is 9.85. The zero-order chi connectivity index (χ0) is 12.4. The fourth-order valence-corrected chi connectivity index (χ4v) is 1.47. The quantitative estimate of drug-likeness (QED) is 0.903. The molecule has 0 spiro atoms. The summed E-state index contributed by atoms with van der Waals surface area (Å²) in [4.78, 5) is 12.1. The Balaban J connectivity index is 2.41. The predicted molar refractivity (Wildman–Crippen MR) is 65.6 cm³/mol. The van der Waals surface area contributed by atoms with E-state index in [-0.39, 0.29) is 5.28 Å². The number of nitrogens with one attached hydrogen (secondary N) is 1. The Hall–Kier alpha value is -1.69. The summed E-state index contributed by atoms with van der Waals surface area (Å²) in [5.41, 5.74) is 0.979. The minimum Gasteiger partial charge on any atom is -0.357 e. The lowest BCUT2D eigenvalue weighted by Gasteiger charge is -2.03. The molecule has 0 bridgehead atoms. The van der Waals surface area contributed by atoms with Crippen molar-refractivity contribution in [1.29, 1.82) is 0 Å². The Labute approximate surface area is 104 Å². The van der Waals surface area contributed by atoms with Gasteiger partial charge in [-0.05, 0) is 23.6 Å². The van der Waals surface area contributed by atoms with Gasteiger partial charge in [0.25, 0.3) is 5.95 Å². The fraction of sp³-hybridized carbons (Fsp3) is 0.400. The molecule has 7 heteroatoms. The number of rotatable bonds is 3. The van der Waals surface area contributed by atoms with Crippen molar-refractivity contribution < 1.29 is 0 Å². The maximum atomic E-state index is 5.80. The van der Waals surface area contributed by atoms with Crippen LogP contribution in [0.5, 0.6) is 0 Å². The van der Waals surface area contributed by atoms with Crippen LogP contribution in [-0.4, -0.2) is 31.8 Å². The predicted octanol–water partition coefficient (Wildman–Crippen LogP) is 1.88. The van der Waals surface area contributed by atoms with E-state index in [2.05, 4.69) is 39.2 Å². The van der Waals surface area contributed by atoms with Crippen LogP contribution in [0, 0.1) is 0 Å². The first kappa shape index (κ1) is 11.8. The molecule has 0 radical (unpaired) electrons. The Morgan fingerprint density at radius 2 is 2.06 bits per heavy atom. The molecule has 6 nitrogen and oxygen atoms in total. The summed E-state index contributed by atoms with van der Waals surface area (Å²) < 4.78 is 1.59. The van der Waals surface area contributed by atoms with E-state index < -0.39 is 0 Å². The van der Waals surface area contributed by atoms with Crippen LogP contribution in [0.15, 0.2) is 12.3 Å². The van der Waals surface area contributed by atoms with Gasteiger partial charge in [0, 0.05) is 13.2 Å². The van der Waals surface area contributed by atoms with E-state index in [4.69, 9.17) is 11.6 Å². The smallest absolute Gasteiger partial charge is 0.256 e. The van der Waals surface area contributed by atoms with Crippen LogP contribution in [0.3, 0.4) is 0 Å². The van der Waals surface area contributed by atoms with E-state index in [1.807, 2.05) is 6.07 Å². The molecule has 0 saturated heterocycles. The summed E-state index contributed by atoms with van der Waals surface area (Å²) in [6.07, 6.45) is 1.81. The molecule has 2 aromatic heterocycles. The standard InChI is InChI=1S/C10H13ClN6/c1-6(2)7-4-5-17(16-7)10-14-8(11)13-9(12-3)15-10/h4-6H,1-3H3,(H,12,13,14,15). The molecular formula is C10H13ClN6. The molecule has 1 N–H and O–H groups in total. The maximum Gasteiger partial charge on any atom is 0.256 e. The van der Waals surface area contributed by atoms with Crippen LogP contribution in [0.4, 0.5) is 5.95 Å². The minimum absolute atomic E-state index is 0.140. The van der Waals surface area contributed by atoms with Crippen LogP contribution in [0.25, 0.3) is 5.95 Å². The highest BCUT2D eigenvalue weighted by Gasteiger charge is 2.09. The van der Waals surface area contributed by atoms with E-state index in [0.717, 1.165) is 5.69 Å². The van der Waals surface area contributed by atoms with Gasteiger partial charge in [0.2, 0.25) is 11.2 Å². The summed E-state index contributed by atoms with van der Waals surface area (Å²) in [5.74, 6) is 1.18. The van der Waals surface area contributed by atoms with Gasteiger partial charge >= 0.3 is 0 Å². The largest absolute Gasteiger partial charge is 0.357 e. The second-order valence-corrected chi connectivity index (χ2v) is 4.16. The molecule has 2 aromatic rings. The molecule has 0 saturated carbocycles. The Morgan fingerprint density at radius 1 is 1.29 bits per heavy atom. The molecule has 0 unspecified atom stereocenters. The third-order valence-corrected chi connectivity index (χ3v) is 2.40. The van der Waals surface area contributed by atoms with E-state index in [0.29, 0.717) is 17.8 Å². The van der Waals surface area contributed by atoms with E-state index in [9.17, 15) is 0 Å². The third-order valence-electron chi connectivity index (χ3n) is 2.23. The normalized spacial score (nSPS) is 10.9. The van der Waals surface area contributed by atoms with Gasteiger partial charge in [-0.2, -0.15) is 20.1 Å². The summed E-state index contributed by atoms with van der Waals surface area (Å²) in [5, 5.41) is 7.33. The van der Waals surface area contributed by atoms with Gasteiger partial charge in [-0.25, -0.2) is 4.68 Å². The van der Waals surface area contributed by atoms with Crippen molar-refractivity contribution in [2.75, 3.05) is 12.4 Å². The average molecular weight is 253 g/mol. The second-order valence-electron chi connectivity index (χ2n) is 3.82. The molecule has 0 aliphatic rings. The maximum absolute atomic E-state index is 5.80. The SMILES string of the molecule is CNc1nc(Cl)nc(-n2ccc(C(C)C)n2)n1. The number of halogens is 1. The summed E-state index contributed by atoms with van der Waals surface area (Å²) in [6.45, 7) is 4.15. The number of aromatic nitrogens is 5. The highest BCUT2D eigenvalue weighted by Crippen LogP contribution is 2.13. The number of hydrogen-bond donors (Lipinski definition) is 1. The monoisotopic (exact) mass is 252 g/mol. The fourth-order valence-electron chi connectivity index (χ4n) is 1.31. The molecule has 0 amide bonds. The Bertz CT molecular complexity index is 521. The Morgan fingerprint density at radius 3 is 2.65 bits per heavy atom. The molecule has 0 atom stereocenters. The molecule has 90 valence electrons. The molecule has 0 fully saturated rings. The highest BCUT2D eigenvalue weighted by molar-refractivity contribution is 6.28. The second kappa shape index (κ2) is 4.67. The van der Waals surface area contributed by atoms with Gasteiger partial charge in [0.15, 0.2) is 0 Å². The third kappa shape index (κ3) is 2.52. The van der Waals surface area contributed by atoms with Crippen LogP contribution >= 0.6 is 11.6 Å². The van der Waals surface area contributed by atoms with E-state index >= 15 is 0 Å². The van der Waals surface area contributed by atoms with Crippen molar-refractivity contribution in [3.63, 3.8) is 0 Å². The molecule has 2 rings (SSSR count). The van der Waals surface area contributed by atoms with Crippen molar-refractivity contribution in [2.45, 2.75) is 19.8 Å². The van der Waals surface area contributed by atoms with Gasteiger partial charge in [0.1, 0.15) is 0 Å². The molecule has 0 aliphatic carbocycles. The highest BCUT2D eigenvalue weighted by atomic mass is 35.5. The van der Waals surface area contributed by atoms with Gasteiger partial charge in [-0.3, -0.25) is 0 Å². The van der Waals surface area contributed by atoms with Crippen LogP contribution in [0.2, 0.25) is 5.28 Å². The van der Waals surface area contributed by atoms with E-state index in [1.165, 1.54) is 0 Å². The molecule has 2 heterocycles. The van der Waals surface area contributed by atoms with Crippen molar-refractivity contribution in [1.82, 2.24) is 24.7 Å². The summed E-state index contributed by atoms with van der Waals surface area (Å²) >= 11 is 5.80. The average Bonchev–Trinajstić information content (AvgIpc) is 2.77. The Kier molecular flexibility index (Phi) is 3.23. The van der Waals surface area contributed by atoms with Crippen LogP contribution in [0.1, 0.15) is 25.5 Å². The number of hydrogen-bond acceptors (Lipinski definition) is 5. The lowest BCUT2D eigenvalue weighted by atomic mass is 10.1. The lowest BCUT2D eigenvalue weighted by molar-refractivity contribution is 0.738. The van der Waals surface area contributed by atoms with Gasteiger partial charge in [-0.1, -0.05) is 13.8 Å². The zero-order valence-corrected chi connectivity index (χ0v) is 10.6. The van der Waals surface area contributed by atoms with Crippen molar-refractivity contribution in [2.24, 2.45) is 0 Å². The molecule has 0 aliphatic heterocycles. The first-order valence-corrected chi connectivity index (χ1v) is 5.63. The van der Waals surface area contributed by atoms with Gasteiger partial charge < -0.3 is 5.32 Å². The first-order valence-electron chi connectivity index (χ1n) is 5.25. The molecular weight excluding hydrogens is 240 g/mol. The van der Waals surface area contributed by atoms with Gasteiger partial charge in [-0.15, -0.1) is 0 Å². The summed E-state index contributed by atoms with van der Waals surface area (Å²) in [7, 11) is 1.72. The van der Waals surface area contributed by atoms with Crippen molar-refractivity contribution in [3.8, 4) is 5.95 Å². The first-order chi connectivity index (χ1) is 8.10. The summed E-state index contributed by atoms with van der Waals surface area (Å²) in [6, 6.07) is 1.93. The minimum atomic E-state index is 0.140. The molecule has 0 aromatic carbocycles. The lowest BCUT2D eigenvalue weighted by Crippen LogP contribution is -2.07. The van der Waals surface area contributed by atoms with Crippen LogP contribution in [-0.2, 0) is 0 Å². The van der Waals surface area contributed by atoms with E-state index in [1.54, 1.807) is 17.9 Å². The number of anilines is 1. The number of nitrogens with zero attached hydrogens (tertiary/aromatic N) is 5. The van der Waals surface area contributed by atoms with Crippen molar-refractivity contribution in [3.05, 3.63) is 23.2 Å².